The Kier molecular flexibility index (Phi) is 2.30. The molecule has 1 amide bonds. The molecule has 0 spiro atoms. The van der Waals surface area contributed by atoms with E-state index in [2.05, 4.69) is 5.32 Å². The van der Waals surface area contributed by atoms with Crippen molar-refractivity contribution in [1.82, 2.24) is 5.32 Å². The fourth-order valence-electron chi connectivity index (χ4n) is 1.27. The van der Waals surface area contributed by atoms with E-state index in [-0.39, 0.29) is 12.3 Å². The monoisotopic (exact) mass is 181 g/mol. The second kappa shape index (κ2) is 2.95. The summed E-state index contributed by atoms with van der Waals surface area (Å²) in [6.45, 7) is 2.05. The van der Waals surface area contributed by atoms with Gasteiger partial charge in [0.15, 0.2) is 0 Å². The van der Waals surface area contributed by atoms with Crippen molar-refractivity contribution in [3.8, 4) is 0 Å². The number of hydrogen-bond acceptors (Lipinski definition) is 1. The lowest BCUT2D eigenvalue weighted by atomic mass is 9.91. The van der Waals surface area contributed by atoms with E-state index in [4.69, 9.17) is 0 Å². The van der Waals surface area contributed by atoms with Crippen molar-refractivity contribution in [3.05, 3.63) is 0 Å². The molecule has 1 fully saturated rings. The van der Waals surface area contributed by atoms with Crippen LogP contribution < -0.4 is 5.32 Å². The minimum Gasteiger partial charge on any atom is -0.355 e. The summed E-state index contributed by atoms with van der Waals surface area (Å²) in [5.74, 6) is -2.78. The summed E-state index contributed by atoms with van der Waals surface area (Å²) in [6, 6.07) is 0. The van der Waals surface area contributed by atoms with Gasteiger partial charge in [0.1, 0.15) is 5.92 Å². The average Bonchev–Trinajstić information content (AvgIpc) is 1.92. The first-order valence-electron chi connectivity index (χ1n) is 3.75. The van der Waals surface area contributed by atoms with Gasteiger partial charge < -0.3 is 5.32 Å². The normalized spacial score (nSPS) is 31.5. The lowest BCUT2D eigenvalue weighted by Gasteiger charge is -2.28. The molecule has 70 valence electrons. The Labute approximate surface area is 68.1 Å². The first-order valence-corrected chi connectivity index (χ1v) is 3.75. The van der Waals surface area contributed by atoms with Crippen LogP contribution in [-0.2, 0) is 4.79 Å². The molecule has 1 heterocycles. The molecule has 2 nitrogen and oxygen atoms in total. The summed E-state index contributed by atoms with van der Waals surface area (Å²) < 4.78 is 36.3. The number of carbonyl (C=O) groups is 1. The van der Waals surface area contributed by atoms with Crippen LogP contribution in [0.4, 0.5) is 13.2 Å². The largest absolute Gasteiger partial charge is 0.400 e. The molecule has 1 saturated heterocycles. The van der Waals surface area contributed by atoms with Crippen molar-refractivity contribution in [2.45, 2.75) is 19.5 Å². The van der Waals surface area contributed by atoms with Gasteiger partial charge in [-0.25, -0.2) is 0 Å². The highest BCUT2D eigenvalue weighted by Crippen LogP contribution is 2.33. The highest BCUT2D eigenvalue weighted by molar-refractivity contribution is 5.80. The standard InChI is InChI=1S/C7H10F3NO/c1-4-2-5(7(8,9)10)6(12)11-3-4/h4-5H,2-3H2,1H3,(H,11,12). The molecular weight excluding hydrogens is 171 g/mol. The van der Waals surface area contributed by atoms with E-state index < -0.39 is 18.0 Å². The number of alkyl halides is 3. The molecule has 0 aromatic carbocycles. The predicted molar refractivity (Wildman–Crippen MR) is 36.3 cm³/mol. The van der Waals surface area contributed by atoms with Gasteiger partial charge in [0.25, 0.3) is 0 Å². The Morgan fingerprint density at radius 3 is 2.50 bits per heavy atom. The second-order valence-corrected chi connectivity index (χ2v) is 3.18. The number of amides is 1. The van der Waals surface area contributed by atoms with Gasteiger partial charge in [-0.2, -0.15) is 13.2 Å². The molecule has 12 heavy (non-hydrogen) atoms. The number of carbonyl (C=O) groups excluding carboxylic acids is 1. The van der Waals surface area contributed by atoms with E-state index in [0.717, 1.165) is 0 Å². The van der Waals surface area contributed by atoms with Crippen LogP contribution in [0.15, 0.2) is 0 Å². The van der Waals surface area contributed by atoms with Crippen LogP contribution in [0.5, 0.6) is 0 Å². The maximum atomic E-state index is 12.1. The van der Waals surface area contributed by atoms with Gasteiger partial charge in [-0.05, 0) is 12.3 Å². The van der Waals surface area contributed by atoms with E-state index in [1.165, 1.54) is 0 Å². The van der Waals surface area contributed by atoms with Gasteiger partial charge in [-0.1, -0.05) is 6.92 Å². The third-order valence-electron chi connectivity index (χ3n) is 1.97. The van der Waals surface area contributed by atoms with Crippen LogP contribution in [0.1, 0.15) is 13.3 Å². The predicted octanol–water partition coefficient (Wildman–Crippen LogP) is 1.32. The molecule has 1 aliphatic rings. The molecule has 0 aromatic rings. The van der Waals surface area contributed by atoms with Crippen molar-refractivity contribution in [1.29, 1.82) is 0 Å². The molecule has 0 saturated carbocycles. The second-order valence-electron chi connectivity index (χ2n) is 3.18. The van der Waals surface area contributed by atoms with Crippen LogP contribution in [0.3, 0.4) is 0 Å². The Bertz CT molecular complexity index is 190. The van der Waals surface area contributed by atoms with E-state index in [0.29, 0.717) is 6.54 Å². The molecule has 1 N–H and O–H groups in total. The van der Waals surface area contributed by atoms with Crippen LogP contribution in [-0.4, -0.2) is 18.6 Å². The number of rotatable bonds is 0. The van der Waals surface area contributed by atoms with Crippen molar-refractivity contribution in [2.75, 3.05) is 6.54 Å². The van der Waals surface area contributed by atoms with Crippen LogP contribution in [0.2, 0.25) is 0 Å². The Morgan fingerprint density at radius 1 is 1.50 bits per heavy atom. The van der Waals surface area contributed by atoms with E-state index in [1.807, 2.05) is 0 Å². The van der Waals surface area contributed by atoms with E-state index in [1.54, 1.807) is 6.92 Å². The van der Waals surface area contributed by atoms with Gasteiger partial charge in [0.2, 0.25) is 5.91 Å². The first-order chi connectivity index (χ1) is 5.41. The van der Waals surface area contributed by atoms with Crippen molar-refractivity contribution in [3.63, 3.8) is 0 Å². The van der Waals surface area contributed by atoms with E-state index in [9.17, 15) is 18.0 Å². The van der Waals surface area contributed by atoms with Crippen LogP contribution >= 0.6 is 0 Å². The van der Waals surface area contributed by atoms with Crippen molar-refractivity contribution < 1.29 is 18.0 Å². The summed E-state index contributed by atoms with van der Waals surface area (Å²) in [4.78, 5) is 10.8. The van der Waals surface area contributed by atoms with Gasteiger partial charge in [0.05, 0.1) is 0 Å². The molecule has 2 unspecified atom stereocenters. The summed E-state index contributed by atoms with van der Waals surface area (Å²) in [5, 5.41) is 2.23. The topological polar surface area (TPSA) is 29.1 Å². The summed E-state index contributed by atoms with van der Waals surface area (Å²) in [6.07, 6.45) is -4.48. The lowest BCUT2D eigenvalue weighted by Crippen LogP contribution is -2.46. The quantitative estimate of drug-likeness (QED) is 0.600. The van der Waals surface area contributed by atoms with Crippen LogP contribution in [0.25, 0.3) is 0 Å². The van der Waals surface area contributed by atoms with E-state index >= 15 is 0 Å². The third kappa shape index (κ3) is 1.89. The molecule has 1 rings (SSSR count). The fourth-order valence-corrected chi connectivity index (χ4v) is 1.27. The average molecular weight is 181 g/mol. The molecule has 0 aliphatic carbocycles. The van der Waals surface area contributed by atoms with Crippen LogP contribution in [0, 0.1) is 11.8 Å². The maximum absolute atomic E-state index is 12.1. The molecule has 5 heteroatoms. The van der Waals surface area contributed by atoms with Gasteiger partial charge in [0, 0.05) is 6.54 Å². The minimum atomic E-state index is -4.39. The first kappa shape index (κ1) is 9.35. The molecule has 1 aliphatic heterocycles. The fraction of sp³-hybridized carbons (Fsp3) is 0.857. The number of halogens is 3. The number of hydrogen-bond donors (Lipinski definition) is 1. The Hall–Kier alpha value is -0.740. The third-order valence-corrected chi connectivity index (χ3v) is 1.97. The zero-order chi connectivity index (χ0) is 9.35. The van der Waals surface area contributed by atoms with Gasteiger partial charge in [-0.3, -0.25) is 4.79 Å². The lowest BCUT2D eigenvalue weighted by molar-refractivity contribution is -0.189. The summed E-state index contributed by atoms with van der Waals surface area (Å²) in [5.41, 5.74) is 0. The molecule has 0 aromatic heterocycles. The number of nitrogens with one attached hydrogen (secondary N) is 1. The summed E-state index contributed by atoms with van der Waals surface area (Å²) >= 11 is 0. The smallest absolute Gasteiger partial charge is 0.355 e. The van der Waals surface area contributed by atoms with Crippen molar-refractivity contribution in [2.24, 2.45) is 11.8 Å². The minimum absolute atomic E-state index is 0.0880. The Balaban J connectivity index is 2.68. The highest BCUT2D eigenvalue weighted by Gasteiger charge is 2.46. The zero-order valence-electron chi connectivity index (χ0n) is 6.61. The summed E-state index contributed by atoms with van der Waals surface area (Å²) in [7, 11) is 0. The number of piperidine rings is 1. The maximum Gasteiger partial charge on any atom is 0.400 e. The molecule has 0 bridgehead atoms. The molecular formula is C7H10F3NO. The highest BCUT2D eigenvalue weighted by atomic mass is 19.4. The van der Waals surface area contributed by atoms with Gasteiger partial charge in [-0.15, -0.1) is 0 Å². The van der Waals surface area contributed by atoms with Crippen molar-refractivity contribution >= 4 is 5.91 Å². The Morgan fingerprint density at radius 2 is 2.08 bits per heavy atom. The molecule has 2 atom stereocenters. The van der Waals surface area contributed by atoms with Gasteiger partial charge >= 0.3 is 6.18 Å². The SMILES string of the molecule is CC1CNC(=O)C(C(F)(F)F)C1. The molecule has 0 radical (unpaired) electrons. The zero-order valence-corrected chi connectivity index (χ0v) is 6.61.